The molecule has 2 saturated heterocycles. The molecule has 43 heavy (non-hydrogen) atoms. The number of halogens is 1. The van der Waals surface area contributed by atoms with Crippen molar-refractivity contribution in [3.8, 4) is 16.9 Å². The molecule has 226 valence electrons. The third-order valence-corrected chi connectivity index (χ3v) is 8.63. The van der Waals surface area contributed by atoms with Gasteiger partial charge in [0.1, 0.15) is 17.4 Å². The van der Waals surface area contributed by atoms with Crippen LogP contribution in [0.3, 0.4) is 0 Å². The Balaban J connectivity index is 1.44. The highest BCUT2D eigenvalue weighted by Crippen LogP contribution is 2.39. The molecular weight excluding hydrogens is 547 g/mol. The Morgan fingerprint density at radius 2 is 1.88 bits per heavy atom. The molecule has 2 N–H and O–H groups in total. The first kappa shape index (κ1) is 29.2. The van der Waals surface area contributed by atoms with Crippen LogP contribution >= 0.6 is 0 Å². The molecule has 0 spiro atoms. The molecule has 2 atom stereocenters. The average molecular weight is 587 g/mol. The summed E-state index contributed by atoms with van der Waals surface area (Å²) in [7, 11) is 0. The third kappa shape index (κ3) is 5.61. The van der Waals surface area contributed by atoms with Crippen LogP contribution in [0.1, 0.15) is 69.1 Å². The van der Waals surface area contributed by atoms with Gasteiger partial charge >= 0.3 is 0 Å². The van der Waals surface area contributed by atoms with E-state index in [1.165, 1.54) is 6.07 Å². The molecule has 2 aromatic heterocycles. The highest BCUT2D eigenvalue weighted by molar-refractivity contribution is 6.07. The molecule has 0 amide bonds. The number of hydrogen-bond acceptors (Lipinski definition) is 8. The van der Waals surface area contributed by atoms with Crippen LogP contribution < -0.4 is 10.5 Å². The van der Waals surface area contributed by atoms with Crippen molar-refractivity contribution in [2.24, 2.45) is 0 Å². The van der Waals surface area contributed by atoms with Gasteiger partial charge in [-0.15, -0.1) is 5.10 Å². The monoisotopic (exact) mass is 586 g/mol. The summed E-state index contributed by atoms with van der Waals surface area (Å²) < 4.78 is 28.3. The van der Waals surface area contributed by atoms with Crippen molar-refractivity contribution in [3.63, 3.8) is 0 Å². The predicted octanol–water partition coefficient (Wildman–Crippen LogP) is 5.59. The van der Waals surface area contributed by atoms with Crippen LogP contribution in [-0.2, 0) is 10.2 Å². The van der Waals surface area contributed by atoms with Gasteiger partial charge in [-0.2, -0.15) is 0 Å². The lowest BCUT2D eigenvalue weighted by atomic mass is 9.92. The molecule has 0 radical (unpaired) electrons. The number of carbonyl (C=O) groups is 1. The molecule has 2 fully saturated rings. The maximum absolute atomic E-state index is 14.9. The minimum absolute atomic E-state index is 0.102. The quantitative estimate of drug-likeness (QED) is 0.279. The zero-order chi connectivity index (χ0) is 30.3. The molecule has 2 aromatic carbocycles. The van der Waals surface area contributed by atoms with Crippen molar-refractivity contribution in [2.45, 2.75) is 70.5 Å². The van der Waals surface area contributed by atoms with Gasteiger partial charge in [0.15, 0.2) is 5.78 Å². The number of Topliss-reactive ketones (excluding diaryl/α,β-unsaturated/α-hetero) is 1. The second kappa shape index (κ2) is 11.7. The van der Waals surface area contributed by atoms with Gasteiger partial charge in [0.2, 0.25) is 0 Å². The number of benzene rings is 2. The molecule has 2 aliphatic heterocycles. The number of ether oxygens (including phenoxy) is 2. The summed E-state index contributed by atoms with van der Waals surface area (Å²) in [4.78, 5) is 21.5. The summed E-state index contributed by atoms with van der Waals surface area (Å²) in [5.41, 5.74) is 9.16. The van der Waals surface area contributed by atoms with Crippen LogP contribution in [-0.4, -0.2) is 69.1 Å². The maximum Gasteiger partial charge on any atom is 0.185 e. The summed E-state index contributed by atoms with van der Waals surface area (Å²) in [5.74, 6) is 0.208. The second-order valence-electron chi connectivity index (χ2n) is 12.5. The number of nitrogens with two attached hydrogens (primary N) is 1. The van der Waals surface area contributed by atoms with Gasteiger partial charge in [-0.25, -0.2) is 14.1 Å². The van der Waals surface area contributed by atoms with E-state index >= 15 is 0 Å². The van der Waals surface area contributed by atoms with Gasteiger partial charge < -0.3 is 15.2 Å². The number of pyridine rings is 1. The van der Waals surface area contributed by atoms with Crippen LogP contribution in [0.2, 0.25) is 0 Å². The topological polar surface area (TPSA) is 108 Å². The highest BCUT2D eigenvalue weighted by atomic mass is 19.1. The van der Waals surface area contributed by atoms with Crippen molar-refractivity contribution in [1.29, 1.82) is 0 Å². The van der Waals surface area contributed by atoms with E-state index in [-0.39, 0.29) is 34.9 Å². The Hall–Kier alpha value is -3.89. The zero-order valence-electron chi connectivity index (χ0n) is 25.2. The number of rotatable bonds is 7. The minimum Gasteiger partial charge on any atom is -0.493 e. The fourth-order valence-electron chi connectivity index (χ4n) is 6.35. The first-order valence-corrected chi connectivity index (χ1v) is 15.1. The van der Waals surface area contributed by atoms with Crippen LogP contribution in [0.5, 0.6) is 5.75 Å². The van der Waals surface area contributed by atoms with E-state index in [2.05, 4.69) is 41.0 Å². The predicted molar refractivity (Wildman–Crippen MR) is 164 cm³/mol. The number of aromatic nitrogens is 4. The van der Waals surface area contributed by atoms with Gasteiger partial charge in [-0.3, -0.25) is 9.69 Å². The summed E-state index contributed by atoms with van der Waals surface area (Å²) in [6.45, 7) is 10.7. The normalized spacial score (nSPS) is 20.1. The fraction of sp³-hybridized carbons (Fsp3) is 0.455. The molecule has 0 bridgehead atoms. The molecule has 4 heterocycles. The van der Waals surface area contributed by atoms with Gasteiger partial charge in [0, 0.05) is 60.0 Å². The Bertz CT molecular complexity index is 1640. The lowest BCUT2D eigenvalue weighted by molar-refractivity contribution is 0.0253. The Kier molecular flexibility index (Phi) is 7.91. The van der Waals surface area contributed by atoms with Crippen molar-refractivity contribution in [3.05, 3.63) is 65.7 Å². The Labute approximate surface area is 251 Å². The molecule has 0 aliphatic carbocycles. The van der Waals surface area contributed by atoms with E-state index in [0.29, 0.717) is 53.2 Å². The standard InChI is InChI=1S/C33H39FN6O3/c1-5-43-28-18-26-20(16-23(28)22-8-6-7-9-25(22)34)17-24(32(35)36-26)31(41)30-27(40-19-29(37-38-40)33(2,3)4)10-13-39(30)21-11-14-42-15-12-21/h6-9,16-19,21,27,30H,5,10-15H2,1-4H3,(H2,35,36)/t27?,30-/m1/s1. The van der Waals surface area contributed by atoms with E-state index in [1.807, 2.05) is 23.9 Å². The SMILES string of the molecule is CCOc1cc2nc(N)c(C(=O)[C@H]3C(n4cc(C(C)(C)C)nn4)CCN3C3CCOCC3)cc2cc1-c1ccccc1F. The van der Waals surface area contributed by atoms with E-state index < -0.39 is 6.04 Å². The smallest absolute Gasteiger partial charge is 0.185 e. The number of likely N-dealkylation sites (tertiary alicyclic amines) is 1. The lowest BCUT2D eigenvalue weighted by Gasteiger charge is -2.36. The zero-order valence-corrected chi connectivity index (χ0v) is 25.2. The Morgan fingerprint density at radius 1 is 1.12 bits per heavy atom. The molecular formula is C33H39FN6O3. The van der Waals surface area contributed by atoms with Crippen LogP contribution in [0.25, 0.3) is 22.0 Å². The number of nitrogens with zero attached hydrogens (tertiary/aromatic N) is 5. The van der Waals surface area contributed by atoms with Crippen LogP contribution in [0.15, 0.2) is 48.7 Å². The van der Waals surface area contributed by atoms with Gasteiger partial charge in [-0.1, -0.05) is 44.2 Å². The van der Waals surface area contributed by atoms with Gasteiger partial charge in [-0.05, 0) is 44.4 Å². The number of anilines is 1. The van der Waals surface area contributed by atoms with Crippen molar-refractivity contribution in [1.82, 2.24) is 24.9 Å². The van der Waals surface area contributed by atoms with Crippen molar-refractivity contribution < 1.29 is 18.7 Å². The van der Waals surface area contributed by atoms with E-state index in [0.717, 1.165) is 31.5 Å². The van der Waals surface area contributed by atoms with Gasteiger partial charge in [0.05, 0.1) is 35.5 Å². The minimum atomic E-state index is -0.493. The van der Waals surface area contributed by atoms with E-state index in [9.17, 15) is 9.18 Å². The van der Waals surface area contributed by atoms with Crippen LogP contribution in [0.4, 0.5) is 10.2 Å². The molecule has 6 rings (SSSR count). The second-order valence-corrected chi connectivity index (χ2v) is 12.5. The summed E-state index contributed by atoms with van der Waals surface area (Å²) in [6, 6.07) is 11.5. The molecule has 0 saturated carbocycles. The Morgan fingerprint density at radius 3 is 2.58 bits per heavy atom. The fourth-order valence-corrected chi connectivity index (χ4v) is 6.35. The third-order valence-electron chi connectivity index (χ3n) is 8.63. The number of carbonyl (C=O) groups excluding carboxylic acids is 1. The number of ketones is 1. The average Bonchev–Trinajstić information content (AvgIpc) is 3.65. The summed E-state index contributed by atoms with van der Waals surface area (Å²) in [6.07, 6.45) is 4.45. The summed E-state index contributed by atoms with van der Waals surface area (Å²) >= 11 is 0. The van der Waals surface area contributed by atoms with Crippen molar-refractivity contribution in [2.75, 3.05) is 32.1 Å². The largest absolute Gasteiger partial charge is 0.493 e. The number of fused-ring (bicyclic) bond motifs is 1. The molecule has 4 aromatic rings. The molecule has 10 heteroatoms. The lowest BCUT2D eigenvalue weighted by Crippen LogP contribution is -2.48. The van der Waals surface area contributed by atoms with E-state index in [1.54, 1.807) is 30.3 Å². The van der Waals surface area contributed by atoms with Crippen LogP contribution in [0, 0.1) is 5.82 Å². The maximum atomic E-state index is 14.9. The molecule has 1 unspecified atom stereocenters. The number of hydrogen-bond donors (Lipinski definition) is 1. The van der Waals surface area contributed by atoms with E-state index in [4.69, 9.17) is 15.2 Å². The summed E-state index contributed by atoms with van der Waals surface area (Å²) in [5, 5.41) is 9.62. The molecule has 9 nitrogen and oxygen atoms in total. The van der Waals surface area contributed by atoms with Gasteiger partial charge in [0.25, 0.3) is 0 Å². The number of nitrogen functional groups attached to an aromatic ring is 1. The first-order chi connectivity index (χ1) is 20.7. The highest BCUT2D eigenvalue weighted by Gasteiger charge is 2.45. The first-order valence-electron chi connectivity index (χ1n) is 15.1. The molecule has 2 aliphatic rings. The van der Waals surface area contributed by atoms with Crippen molar-refractivity contribution >= 4 is 22.5 Å².